The van der Waals surface area contributed by atoms with Crippen molar-refractivity contribution >= 4 is 10.9 Å². The summed E-state index contributed by atoms with van der Waals surface area (Å²) in [6.45, 7) is 0. The summed E-state index contributed by atoms with van der Waals surface area (Å²) in [7, 11) is 0. The number of nitrogens with zero attached hydrogens (tertiary/aromatic N) is 1. The maximum Gasteiger partial charge on any atom is 0.347 e. The van der Waals surface area contributed by atoms with Gasteiger partial charge in [-0.2, -0.15) is 4.68 Å². The number of aromatic amines is 1. The van der Waals surface area contributed by atoms with Crippen molar-refractivity contribution in [3.05, 3.63) is 44.6 Å². The third-order valence-corrected chi connectivity index (χ3v) is 1.97. The third-order valence-electron chi connectivity index (χ3n) is 1.97. The second kappa shape index (κ2) is 2.91. The van der Waals surface area contributed by atoms with Gasteiger partial charge in [0.05, 0.1) is 10.9 Å². The van der Waals surface area contributed by atoms with Crippen molar-refractivity contribution in [2.75, 3.05) is 5.84 Å². The summed E-state index contributed by atoms with van der Waals surface area (Å²) in [5.41, 5.74) is -1.86. The molecule has 0 aliphatic heterocycles. The molecule has 0 bridgehead atoms. The number of rotatable bonds is 0. The first kappa shape index (κ1) is 9.38. The topological polar surface area (TPSA) is 80.9 Å². The molecule has 0 aliphatic carbocycles. The molecule has 78 valence electrons. The van der Waals surface area contributed by atoms with Crippen molar-refractivity contribution in [3.8, 4) is 0 Å². The number of hydrogen-bond donors (Lipinski definition) is 2. The lowest BCUT2D eigenvalue weighted by molar-refractivity contribution is 0.510. The lowest BCUT2D eigenvalue weighted by Gasteiger charge is -2.00. The Morgan fingerprint density at radius 2 is 1.80 bits per heavy atom. The van der Waals surface area contributed by atoms with E-state index in [1.807, 2.05) is 0 Å². The van der Waals surface area contributed by atoms with E-state index >= 15 is 0 Å². The van der Waals surface area contributed by atoms with Gasteiger partial charge in [-0.05, 0) is 6.07 Å². The Morgan fingerprint density at radius 3 is 2.47 bits per heavy atom. The third kappa shape index (κ3) is 1.28. The van der Waals surface area contributed by atoms with Gasteiger partial charge in [-0.25, -0.2) is 13.6 Å². The summed E-state index contributed by atoms with van der Waals surface area (Å²) in [6, 6.07) is 1.42. The fourth-order valence-electron chi connectivity index (χ4n) is 1.22. The number of aromatic nitrogens is 2. The highest BCUT2D eigenvalue weighted by atomic mass is 19.2. The van der Waals surface area contributed by atoms with Gasteiger partial charge < -0.3 is 10.8 Å². The lowest BCUT2D eigenvalue weighted by Crippen LogP contribution is -2.40. The molecular weight excluding hydrogens is 208 g/mol. The standard InChI is InChI=1S/C8H5F2N3O2/c9-4-1-3-6(2-5(4)10)12-8(15)13(11)7(3)14/h1-2H,11H2,(H,12,15). The minimum atomic E-state index is -1.17. The Morgan fingerprint density at radius 1 is 1.20 bits per heavy atom. The molecule has 1 aromatic carbocycles. The van der Waals surface area contributed by atoms with Crippen LogP contribution < -0.4 is 17.1 Å². The number of H-pyrrole nitrogens is 1. The first-order chi connectivity index (χ1) is 7.00. The van der Waals surface area contributed by atoms with Gasteiger partial charge in [0.25, 0.3) is 5.56 Å². The van der Waals surface area contributed by atoms with Crippen LogP contribution in [0.4, 0.5) is 8.78 Å². The summed E-state index contributed by atoms with van der Waals surface area (Å²) in [6.07, 6.45) is 0. The van der Waals surface area contributed by atoms with E-state index < -0.39 is 22.9 Å². The zero-order chi connectivity index (χ0) is 11.2. The van der Waals surface area contributed by atoms with E-state index in [-0.39, 0.29) is 10.9 Å². The molecule has 0 spiro atoms. The molecular formula is C8H5F2N3O2. The molecule has 0 radical (unpaired) electrons. The molecule has 7 heteroatoms. The number of nitrogens with one attached hydrogen (secondary N) is 1. The molecule has 2 aromatic rings. The van der Waals surface area contributed by atoms with E-state index in [1.54, 1.807) is 0 Å². The molecule has 2 rings (SSSR count). The second-order valence-corrected chi connectivity index (χ2v) is 2.92. The van der Waals surface area contributed by atoms with Gasteiger partial charge in [0, 0.05) is 6.07 Å². The maximum atomic E-state index is 12.8. The average molecular weight is 213 g/mol. The van der Waals surface area contributed by atoms with Crippen molar-refractivity contribution in [1.29, 1.82) is 0 Å². The van der Waals surface area contributed by atoms with Crippen LogP contribution in [0.2, 0.25) is 0 Å². The zero-order valence-electron chi connectivity index (χ0n) is 7.25. The minimum absolute atomic E-state index is 0.0920. The van der Waals surface area contributed by atoms with Gasteiger partial charge >= 0.3 is 5.69 Å². The number of halogens is 2. The Bertz CT molecular complexity index is 659. The van der Waals surface area contributed by atoms with Crippen LogP contribution in [0.5, 0.6) is 0 Å². The Hall–Kier alpha value is -2.18. The van der Waals surface area contributed by atoms with Crippen LogP contribution in [0.3, 0.4) is 0 Å². The monoisotopic (exact) mass is 213 g/mol. The molecule has 1 aromatic heterocycles. The predicted octanol–water partition coefficient (Wildman–Crippen LogP) is -0.318. The van der Waals surface area contributed by atoms with E-state index in [2.05, 4.69) is 4.98 Å². The first-order valence-electron chi connectivity index (χ1n) is 3.90. The minimum Gasteiger partial charge on any atom is -0.332 e. The number of fused-ring (bicyclic) bond motifs is 1. The van der Waals surface area contributed by atoms with Crippen molar-refractivity contribution in [1.82, 2.24) is 9.66 Å². The molecule has 0 unspecified atom stereocenters. The normalized spacial score (nSPS) is 10.8. The van der Waals surface area contributed by atoms with Crippen LogP contribution in [0.15, 0.2) is 21.7 Å². The van der Waals surface area contributed by atoms with Crippen LogP contribution in [-0.2, 0) is 0 Å². The number of nitrogen functional groups attached to an aromatic ring is 1. The van der Waals surface area contributed by atoms with Gasteiger partial charge in [-0.1, -0.05) is 0 Å². The van der Waals surface area contributed by atoms with Gasteiger partial charge in [0.15, 0.2) is 11.6 Å². The summed E-state index contributed by atoms with van der Waals surface area (Å²) >= 11 is 0. The smallest absolute Gasteiger partial charge is 0.332 e. The van der Waals surface area contributed by atoms with Crippen LogP contribution >= 0.6 is 0 Å². The van der Waals surface area contributed by atoms with Crippen LogP contribution in [0, 0.1) is 11.6 Å². The molecule has 15 heavy (non-hydrogen) atoms. The highest BCUT2D eigenvalue weighted by Crippen LogP contribution is 2.11. The Kier molecular flexibility index (Phi) is 1.82. The van der Waals surface area contributed by atoms with Crippen molar-refractivity contribution in [2.24, 2.45) is 0 Å². The summed E-state index contributed by atoms with van der Waals surface area (Å²) < 4.78 is 25.9. The fraction of sp³-hybridized carbons (Fsp3) is 0. The number of nitrogens with two attached hydrogens (primary N) is 1. The second-order valence-electron chi connectivity index (χ2n) is 2.92. The van der Waals surface area contributed by atoms with Gasteiger partial charge in [-0.15, -0.1) is 0 Å². The molecule has 0 aliphatic rings. The maximum absolute atomic E-state index is 12.8. The SMILES string of the molecule is Nn1c(=O)[nH]c2cc(F)c(F)cc2c1=O. The molecule has 1 heterocycles. The number of benzene rings is 1. The number of hydrogen-bond acceptors (Lipinski definition) is 3. The Labute approximate surface area is 80.7 Å². The fourth-order valence-corrected chi connectivity index (χ4v) is 1.22. The first-order valence-corrected chi connectivity index (χ1v) is 3.90. The molecule has 5 nitrogen and oxygen atoms in total. The molecule has 0 amide bonds. The molecule has 0 fully saturated rings. The van der Waals surface area contributed by atoms with Crippen molar-refractivity contribution in [3.63, 3.8) is 0 Å². The van der Waals surface area contributed by atoms with E-state index in [4.69, 9.17) is 5.84 Å². The summed E-state index contributed by atoms with van der Waals surface area (Å²) in [5, 5.41) is -0.184. The van der Waals surface area contributed by atoms with Crippen LogP contribution in [0.25, 0.3) is 10.9 Å². The van der Waals surface area contributed by atoms with E-state index in [9.17, 15) is 18.4 Å². The molecule has 3 N–H and O–H groups in total. The highest BCUT2D eigenvalue weighted by Gasteiger charge is 2.09. The lowest BCUT2D eigenvalue weighted by atomic mass is 10.2. The molecule has 0 atom stereocenters. The molecule has 0 saturated carbocycles. The van der Waals surface area contributed by atoms with E-state index in [1.165, 1.54) is 0 Å². The van der Waals surface area contributed by atoms with Gasteiger partial charge in [0.2, 0.25) is 0 Å². The van der Waals surface area contributed by atoms with Crippen molar-refractivity contribution < 1.29 is 8.78 Å². The van der Waals surface area contributed by atoms with Gasteiger partial charge in [0.1, 0.15) is 0 Å². The molecule has 0 saturated heterocycles. The van der Waals surface area contributed by atoms with Crippen molar-refractivity contribution in [2.45, 2.75) is 0 Å². The summed E-state index contributed by atoms with van der Waals surface area (Å²) in [4.78, 5) is 24.5. The largest absolute Gasteiger partial charge is 0.347 e. The van der Waals surface area contributed by atoms with E-state index in [0.29, 0.717) is 10.7 Å². The Balaban J connectivity index is 3.07. The predicted molar refractivity (Wildman–Crippen MR) is 48.9 cm³/mol. The highest BCUT2D eigenvalue weighted by molar-refractivity contribution is 5.77. The van der Waals surface area contributed by atoms with Gasteiger partial charge in [-0.3, -0.25) is 4.79 Å². The van der Waals surface area contributed by atoms with E-state index in [0.717, 1.165) is 6.07 Å². The average Bonchev–Trinajstić information content (AvgIpc) is 2.19. The van der Waals surface area contributed by atoms with Crippen LogP contribution in [-0.4, -0.2) is 9.66 Å². The summed E-state index contributed by atoms with van der Waals surface area (Å²) in [5.74, 6) is 2.76. The quantitative estimate of drug-likeness (QED) is 0.588. The zero-order valence-corrected chi connectivity index (χ0v) is 7.25. The van der Waals surface area contributed by atoms with Crippen LogP contribution in [0.1, 0.15) is 0 Å².